The van der Waals surface area contributed by atoms with Gasteiger partial charge >= 0.3 is 0 Å². The summed E-state index contributed by atoms with van der Waals surface area (Å²) in [6.07, 6.45) is 5.00. The van der Waals surface area contributed by atoms with Gasteiger partial charge in [0.05, 0.1) is 10.7 Å². The summed E-state index contributed by atoms with van der Waals surface area (Å²) in [5.41, 5.74) is 8.46. The van der Waals surface area contributed by atoms with Gasteiger partial charge in [0, 0.05) is 31.0 Å². The largest absolute Gasteiger partial charge is 0.336 e. The first-order valence-electron chi connectivity index (χ1n) is 9.20. The van der Waals surface area contributed by atoms with Gasteiger partial charge in [-0.2, -0.15) is 0 Å². The lowest BCUT2D eigenvalue weighted by Gasteiger charge is -2.16. The Morgan fingerprint density at radius 2 is 1.81 bits per heavy atom. The minimum absolute atomic E-state index is 0. The highest BCUT2D eigenvalue weighted by atomic mass is 35.5. The fourth-order valence-electron chi connectivity index (χ4n) is 4.15. The summed E-state index contributed by atoms with van der Waals surface area (Å²) in [4.78, 5) is 20.5. The van der Waals surface area contributed by atoms with Crippen LogP contribution in [-0.4, -0.2) is 34.9 Å². The van der Waals surface area contributed by atoms with E-state index in [-0.39, 0.29) is 42.7 Å². The number of aryl methyl sites for hydroxylation is 1. The lowest BCUT2D eigenvalue weighted by atomic mass is 9.95. The molecule has 0 spiro atoms. The molecule has 2 aromatic rings. The number of benzene rings is 1. The number of aromatic nitrogens is 1. The molecular weight excluding hydrogens is 401 g/mol. The molecule has 1 aliphatic heterocycles. The average Bonchev–Trinajstić information content (AvgIpc) is 3.34. The molecule has 2 N–H and O–H groups in total. The van der Waals surface area contributed by atoms with Crippen LogP contribution in [0.3, 0.4) is 0 Å². The SMILES string of the molecule is Cc1nc(C2CCCC2)sc1C(=O)N1C[C@@H](N)[C@H](c2ccccc2)C1.Cl.Cl. The van der Waals surface area contributed by atoms with E-state index in [1.165, 1.54) is 31.2 Å². The van der Waals surface area contributed by atoms with Crippen LogP contribution in [0.15, 0.2) is 30.3 Å². The van der Waals surface area contributed by atoms with Gasteiger partial charge in [-0.3, -0.25) is 4.79 Å². The topological polar surface area (TPSA) is 59.2 Å². The van der Waals surface area contributed by atoms with Crippen LogP contribution in [0.5, 0.6) is 0 Å². The molecule has 2 fully saturated rings. The van der Waals surface area contributed by atoms with Crippen LogP contribution in [-0.2, 0) is 0 Å². The maximum atomic E-state index is 13.1. The lowest BCUT2D eigenvalue weighted by molar-refractivity contribution is 0.0793. The zero-order chi connectivity index (χ0) is 17.4. The number of hydrogen-bond donors (Lipinski definition) is 1. The van der Waals surface area contributed by atoms with Crippen LogP contribution < -0.4 is 5.73 Å². The third-order valence-electron chi connectivity index (χ3n) is 5.59. The van der Waals surface area contributed by atoms with Gasteiger partial charge in [0.1, 0.15) is 4.88 Å². The Bertz CT molecular complexity index is 762. The number of hydrogen-bond acceptors (Lipinski definition) is 4. The maximum Gasteiger partial charge on any atom is 0.265 e. The van der Waals surface area contributed by atoms with E-state index in [2.05, 4.69) is 12.1 Å². The molecule has 0 bridgehead atoms. The van der Waals surface area contributed by atoms with Crippen molar-refractivity contribution in [2.24, 2.45) is 5.73 Å². The number of rotatable bonds is 3. The van der Waals surface area contributed by atoms with Crippen LogP contribution in [0.4, 0.5) is 0 Å². The Kier molecular flexibility index (Phi) is 7.69. The molecule has 1 saturated heterocycles. The second kappa shape index (κ2) is 9.37. The summed E-state index contributed by atoms with van der Waals surface area (Å²) >= 11 is 1.61. The Hall–Kier alpha value is -1.14. The van der Waals surface area contributed by atoms with E-state index in [0.717, 1.165) is 15.6 Å². The molecule has 1 aromatic heterocycles. The lowest BCUT2D eigenvalue weighted by Crippen LogP contribution is -2.32. The number of likely N-dealkylation sites (tertiary alicyclic amines) is 1. The summed E-state index contributed by atoms with van der Waals surface area (Å²) in [5, 5.41) is 1.15. The van der Waals surface area contributed by atoms with E-state index in [1.54, 1.807) is 11.3 Å². The molecule has 2 aliphatic rings. The molecule has 2 heterocycles. The van der Waals surface area contributed by atoms with E-state index >= 15 is 0 Å². The Morgan fingerprint density at radius 3 is 2.48 bits per heavy atom. The van der Waals surface area contributed by atoms with E-state index in [0.29, 0.717) is 19.0 Å². The molecule has 7 heteroatoms. The first-order chi connectivity index (χ1) is 12.1. The normalized spacial score (nSPS) is 22.4. The van der Waals surface area contributed by atoms with E-state index < -0.39 is 0 Å². The molecule has 0 unspecified atom stereocenters. The second-order valence-electron chi connectivity index (χ2n) is 7.34. The smallest absolute Gasteiger partial charge is 0.265 e. The standard InChI is InChI=1S/C20H25N3OS.2ClH/c1-13-18(25-19(22-13)15-9-5-6-10-15)20(24)23-11-16(17(21)12-23)14-7-3-2-4-8-14;;/h2-4,7-8,15-17H,5-6,9-12,21H2,1H3;2*1H/t16-,17+;;/m0../s1. The summed E-state index contributed by atoms with van der Waals surface area (Å²) in [6.45, 7) is 3.28. The molecule has 148 valence electrons. The van der Waals surface area contributed by atoms with Crippen molar-refractivity contribution in [3.63, 3.8) is 0 Å². The van der Waals surface area contributed by atoms with E-state index in [1.807, 2.05) is 30.0 Å². The monoisotopic (exact) mass is 427 g/mol. The van der Waals surface area contributed by atoms with Crippen LogP contribution in [0.2, 0.25) is 0 Å². The van der Waals surface area contributed by atoms with E-state index in [9.17, 15) is 4.79 Å². The van der Waals surface area contributed by atoms with Gasteiger partial charge in [-0.1, -0.05) is 43.2 Å². The highest BCUT2D eigenvalue weighted by Crippen LogP contribution is 2.38. The first kappa shape index (κ1) is 22.2. The zero-order valence-electron chi connectivity index (χ0n) is 15.5. The predicted octanol–water partition coefficient (Wildman–Crippen LogP) is 4.52. The summed E-state index contributed by atoms with van der Waals surface area (Å²) in [6, 6.07) is 10.3. The van der Waals surface area contributed by atoms with Crippen molar-refractivity contribution in [1.29, 1.82) is 0 Å². The van der Waals surface area contributed by atoms with Crippen molar-refractivity contribution < 1.29 is 4.79 Å². The number of carbonyl (C=O) groups is 1. The molecular formula is C20H27Cl2N3OS. The van der Waals surface area contributed by atoms with E-state index in [4.69, 9.17) is 10.7 Å². The van der Waals surface area contributed by atoms with Gasteiger partial charge in [0.25, 0.3) is 5.91 Å². The number of amides is 1. The average molecular weight is 428 g/mol. The third kappa shape index (κ3) is 4.48. The maximum absolute atomic E-state index is 13.1. The van der Waals surface area contributed by atoms with Crippen LogP contribution in [0.1, 0.15) is 63.5 Å². The summed E-state index contributed by atoms with van der Waals surface area (Å²) in [7, 11) is 0. The number of nitrogens with two attached hydrogens (primary N) is 1. The molecule has 4 nitrogen and oxygen atoms in total. The zero-order valence-corrected chi connectivity index (χ0v) is 17.9. The molecule has 1 saturated carbocycles. The summed E-state index contributed by atoms with van der Waals surface area (Å²) in [5.74, 6) is 0.879. The molecule has 2 atom stereocenters. The molecule has 1 amide bonds. The number of halogens is 2. The second-order valence-corrected chi connectivity index (χ2v) is 8.37. The fraction of sp³-hybridized carbons (Fsp3) is 0.500. The van der Waals surface area contributed by atoms with Gasteiger partial charge in [0.15, 0.2) is 0 Å². The number of carbonyl (C=O) groups excluding carboxylic acids is 1. The molecule has 1 aliphatic carbocycles. The number of nitrogens with zero attached hydrogens (tertiary/aromatic N) is 2. The quantitative estimate of drug-likeness (QED) is 0.782. The molecule has 0 radical (unpaired) electrons. The van der Waals surface area contributed by atoms with Crippen molar-refractivity contribution in [2.75, 3.05) is 13.1 Å². The third-order valence-corrected chi connectivity index (χ3v) is 6.90. The molecule has 4 rings (SSSR count). The Balaban J connectivity index is 0.00000131. The van der Waals surface area contributed by atoms with Crippen molar-refractivity contribution in [3.05, 3.63) is 51.5 Å². The highest BCUT2D eigenvalue weighted by molar-refractivity contribution is 7.13. The minimum atomic E-state index is -0.00567. The molecule has 27 heavy (non-hydrogen) atoms. The van der Waals surface area contributed by atoms with Gasteiger partial charge in [0.2, 0.25) is 0 Å². The van der Waals surface area contributed by atoms with Crippen LogP contribution in [0, 0.1) is 6.92 Å². The van der Waals surface area contributed by atoms with Gasteiger partial charge < -0.3 is 10.6 Å². The van der Waals surface area contributed by atoms with Gasteiger partial charge in [-0.15, -0.1) is 36.2 Å². The fourth-order valence-corrected chi connectivity index (χ4v) is 5.36. The highest BCUT2D eigenvalue weighted by Gasteiger charge is 2.35. The van der Waals surface area contributed by atoms with Crippen molar-refractivity contribution in [2.45, 2.75) is 50.5 Å². The molecule has 1 aromatic carbocycles. The van der Waals surface area contributed by atoms with Crippen molar-refractivity contribution in [1.82, 2.24) is 9.88 Å². The van der Waals surface area contributed by atoms with Crippen LogP contribution >= 0.6 is 36.2 Å². The number of thiazole rings is 1. The van der Waals surface area contributed by atoms with Gasteiger partial charge in [-0.05, 0) is 25.3 Å². The van der Waals surface area contributed by atoms with Crippen molar-refractivity contribution >= 4 is 42.1 Å². The Morgan fingerprint density at radius 1 is 1.15 bits per heavy atom. The van der Waals surface area contributed by atoms with Crippen molar-refractivity contribution in [3.8, 4) is 0 Å². The van der Waals surface area contributed by atoms with Gasteiger partial charge in [-0.25, -0.2) is 4.98 Å². The Labute approximate surface area is 177 Å². The first-order valence-corrected chi connectivity index (χ1v) is 10.0. The van der Waals surface area contributed by atoms with Crippen LogP contribution in [0.25, 0.3) is 0 Å². The minimum Gasteiger partial charge on any atom is -0.336 e. The summed E-state index contributed by atoms with van der Waals surface area (Å²) < 4.78 is 0. The predicted molar refractivity (Wildman–Crippen MR) is 116 cm³/mol.